The Balaban J connectivity index is 1.67. The number of hydrogen-bond donors (Lipinski definition) is 3. The molecule has 0 aliphatic carbocycles. The summed E-state index contributed by atoms with van der Waals surface area (Å²) in [7, 11) is 1.51. The molecule has 3 aromatic carbocycles. The number of carbonyl (C=O) groups is 3. The summed E-state index contributed by atoms with van der Waals surface area (Å²) in [6, 6.07) is 17.6. The molecule has 10 heteroatoms. The number of anilines is 1. The Labute approximate surface area is 182 Å². The van der Waals surface area contributed by atoms with Crippen LogP contribution in [0.4, 0.5) is 11.4 Å². The largest absolute Gasteiger partial charge is 0.497 e. The van der Waals surface area contributed by atoms with Crippen molar-refractivity contribution in [2.45, 2.75) is 0 Å². The molecule has 0 fully saturated rings. The Bertz CT molecular complexity index is 1160. The van der Waals surface area contributed by atoms with E-state index in [2.05, 4.69) is 16.2 Å². The van der Waals surface area contributed by atoms with Crippen molar-refractivity contribution in [3.05, 3.63) is 99.6 Å². The van der Waals surface area contributed by atoms with Gasteiger partial charge in [-0.2, -0.15) is 0 Å². The van der Waals surface area contributed by atoms with E-state index >= 15 is 0 Å². The summed E-state index contributed by atoms with van der Waals surface area (Å²) in [5.41, 5.74) is 5.27. The maximum absolute atomic E-state index is 12.6. The number of methoxy groups -OCH3 is 1. The van der Waals surface area contributed by atoms with Crippen molar-refractivity contribution in [2.75, 3.05) is 12.4 Å². The molecule has 32 heavy (non-hydrogen) atoms. The first-order chi connectivity index (χ1) is 15.4. The van der Waals surface area contributed by atoms with Gasteiger partial charge in [-0.05, 0) is 48.5 Å². The number of hydrogen-bond acceptors (Lipinski definition) is 6. The van der Waals surface area contributed by atoms with Gasteiger partial charge >= 0.3 is 0 Å². The topological polar surface area (TPSA) is 140 Å². The van der Waals surface area contributed by atoms with Gasteiger partial charge < -0.3 is 10.1 Å². The number of benzene rings is 3. The Kier molecular flexibility index (Phi) is 6.76. The molecule has 0 saturated carbocycles. The van der Waals surface area contributed by atoms with Gasteiger partial charge in [-0.25, -0.2) is 0 Å². The van der Waals surface area contributed by atoms with E-state index < -0.39 is 22.6 Å². The fourth-order valence-electron chi connectivity index (χ4n) is 2.71. The number of amides is 3. The molecule has 3 aromatic rings. The van der Waals surface area contributed by atoms with Gasteiger partial charge in [0.15, 0.2) is 0 Å². The van der Waals surface area contributed by atoms with Crippen LogP contribution in [0.5, 0.6) is 5.75 Å². The van der Waals surface area contributed by atoms with Gasteiger partial charge in [0.1, 0.15) is 5.75 Å². The summed E-state index contributed by atoms with van der Waals surface area (Å²) < 4.78 is 5.03. The fourth-order valence-corrected chi connectivity index (χ4v) is 2.71. The van der Waals surface area contributed by atoms with Crippen LogP contribution >= 0.6 is 0 Å². The van der Waals surface area contributed by atoms with Crippen LogP contribution in [0.3, 0.4) is 0 Å². The molecule has 10 nitrogen and oxygen atoms in total. The molecule has 0 bridgehead atoms. The van der Waals surface area contributed by atoms with Crippen molar-refractivity contribution in [3.8, 4) is 5.75 Å². The van der Waals surface area contributed by atoms with Crippen LogP contribution in [0.15, 0.2) is 72.8 Å². The zero-order valence-corrected chi connectivity index (χ0v) is 16.8. The van der Waals surface area contributed by atoms with Crippen molar-refractivity contribution in [2.24, 2.45) is 0 Å². The maximum Gasteiger partial charge on any atom is 0.271 e. The molecule has 0 heterocycles. The van der Waals surface area contributed by atoms with E-state index in [0.717, 1.165) is 0 Å². The number of nitro groups is 1. The van der Waals surface area contributed by atoms with E-state index in [4.69, 9.17) is 4.74 Å². The van der Waals surface area contributed by atoms with Crippen molar-refractivity contribution >= 4 is 29.1 Å². The number of rotatable bonds is 6. The number of ether oxygens (including phenoxy) is 1. The van der Waals surface area contributed by atoms with E-state index in [-0.39, 0.29) is 22.5 Å². The lowest BCUT2D eigenvalue weighted by atomic mass is 10.1. The Morgan fingerprint density at radius 3 is 1.97 bits per heavy atom. The molecule has 0 aliphatic heterocycles. The Hall–Kier alpha value is -4.73. The third-order valence-corrected chi connectivity index (χ3v) is 4.40. The number of hydrazine groups is 1. The molecule has 0 aliphatic rings. The average Bonchev–Trinajstić information content (AvgIpc) is 2.82. The van der Waals surface area contributed by atoms with Gasteiger partial charge in [0.25, 0.3) is 23.4 Å². The molecule has 0 unspecified atom stereocenters. The minimum Gasteiger partial charge on any atom is -0.497 e. The standard InChI is InChI=1S/C22H18N4O6/c1-32-17-12-8-15(9-13-17)21(28)24-25-22(29)18-4-2-3-5-19(18)23-20(27)14-6-10-16(11-7-14)26(30)31/h2-13H,1H3,(H,23,27)(H,24,28)(H,25,29). The first kappa shape index (κ1) is 22.0. The molecule has 0 radical (unpaired) electrons. The fraction of sp³-hybridized carbons (Fsp3) is 0.0455. The lowest BCUT2D eigenvalue weighted by Crippen LogP contribution is -2.41. The van der Waals surface area contributed by atoms with E-state index in [1.807, 2.05) is 0 Å². The zero-order chi connectivity index (χ0) is 23.1. The van der Waals surface area contributed by atoms with E-state index in [1.54, 1.807) is 36.4 Å². The number of carbonyl (C=O) groups excluding carboxylic acids is 3. The maximum atomic E-state index is 12.6. The Morgan fingerprint density at radius 2 is 1.34 bits per heavy atom. The van der Waals surface area contributed by atoms with Crippen LogP contribution in [-0.2, 0) is 0 Å². The number of para-hydroxylation sites is 1. The lowest BCUT2D eigenvalue weighted by molar-refractivity contribution is -0.384. The van der Waals surface area contributed by atoms with Crippen molar-refractivity contribution in [3.63, 3.8) is 0 Å². The first-order valence-electron chi connectivity index (χ1n) is 9.28. The summed E-state index contributed by atoms with van der Waals surface area (Å²) in [5.74, 6) is -1.15. The SMILES string of the molecule is COc1ccc(C(=O)NNC(=O)c2ccccc2NC(=O)c2ccc([N+](=O)[O-])cc2)cc1. The van der Waals surface area contributed by atoms with Gasteiger partial charge in [0.2, 0.25) is 0 Å². The molecule has 3 N–H and O–H groups in total. The number of nitro benzene ring substituents is 1. The molecule has 0 spiro atoms. The zero-order valence-electron chi connectivity index (χ0n) is 16.8. The van der Waals surface area contributed by atoms with Crippen LogP contribution in [0.2, 0.25) is 0 Å². The summed E-state index contributed by atoms with van der Waals surface area (Å²) in [4.78, 5) is 47.4. The third-order valence-electron chi connectivity index (χ3n) is 4.40. The smallest absolute Gasteiger partial charge is 0.271 e. The van der Waals surface area contributed by atoms with Gasteiger partial charge in [-0.1, -0.05) is 12.1 Å². The van der Waals surface area contributed by atoms with Crippen molar-refractivity contribution in [1.29, 1.82) is 0 Å². The second-order valence-electron chi connectivity index (χ2n) is 6.44. The highest BCUT2D eigenvalue weighted by Gasteiger charge is 2.16. The highest BCUT2D eigenvalue weighted by molar-refractivity contribution is 6.09. The van der Waals surface area contributed by atoms with Crippen LogP contribution < -0.4 is 20.9 Å². The minimum absolute atomic E-state index is 0.109. The van der Waals surface area contributed by atoms with E-state index in [0.29, 0.717) is 11.3 Å². The normalized spacial score (nSPS) is 10.0. The number of non-ortho nitro benzene ring substituents is 1. The molecule has 0 saturated heterocycles. The minimum atomic E-state index is -0.647. The number of nitrogens with one attached hydrogen (secondary N) is 3. The summed E-state index contributed by atoms with van der Waals surface area (Å²) >= 11 is 0. The second kappa shape index (κ2) is 9.85. The summed E-state index contributed by atoms with van der Waals surface area (Å²) in [6.07, 6.45) is 0. The molecular weight excluding hydrogens is 416 g/mol. The van der Waals surface area contributed by atoms with Gasteiger partial charge in [-0.15, -0.1) is 0 Å². The highest BCUT2D eigenvalue weighted by atomic mass is 16.6. The molecule has 0 aromatic heterocycles. The van der Waals surface area contributed by atoms with Gasteiger partial charge in [0, 0.05) is 23.3 Å². The van der Waals surface area contributed by atoms with Crippen LogP contribution in [0.1, 0.15) is 31.1 Å². The average molecular weight is 434 g/mol. The molecule has 3 amide bonds. The van der Waals surface area contributed by atoms with Crippen molar-refractivity contribution < 1.29 is 24.0 Å². The van der Waals surface area contributed by atoms with E-state index in [1.165, 1.54) is 43.5 Å². The predicted octanol–water partition coefficient (Wildman–Crippen LogP) is 2.93. The second-order valence-corrected chi connectivity index (χ2v) is 6.44. The third kappa shape index (κ3) is 5.25. The first-order valence-corrected chi connectivity index (χ1v) is 9.28. The summed E-state index contributed by atoms with van der Waals surface area (Å²) in [6.45, 7) is 0. The van der Waals surface area contributed by atoms with Crippen molar-refractivity contribution in [1.82, 2.24) is 10.9 Å². The van der Waals surface area contributed by atoms with Gasteiger partial charge in [-0.3, -0.25) is 35.3 Å². The highest BCUT2D eigenvalue weighted by Crippen LogP contribution is 2.18. The molecular formula is C22H18N4O6. The predicted molar refractivity (Wildman–Crippen MR) is 115 cm³/mol. The van der Waals surface area contributed by atoms with Crippen LogP contribution in [0, 0.1) is 10.1 Å². The lowest BCUT2D eigenvalue weighted by Gasteiger charge is -2.12. The monoisotopic (exact) mass is 434 g/mol. The van der Waals surface area contributed by atoms with Crippen LogP contribution in [-0.4, -0.2) is 29.8 Å². The molecule has 3 rings (SSSR count). The van der Waals surface area contributed by atoms with Crippen LogP contribution in [0.25, 0.3) is 0 Å². The quantitative estimate of drug-likeness (QED) is 0.403. The Morgan fingerprint density at radius 1 is 0.781 bits per heavy atom. The molecule has 162 valence electrons. The number of nitrogens with zero attached hydrogens (tertiary/aromatic N) is 1. The summed E-state index contributed by atoms with van der Waals surface area (Å²) in [5, 5.41) is 13.3. The molecule has 0 atom stereocenters. The van der Waals surface area contributed by atoms with Gasteiger partial charge in [0.05, 0.1) is 23.3 Å². The van der Waals surface area contributed by atoms with E-state index in [9.17, 15) is 24.5 Å².